The molecule has 3 amide bonds. The lowest BCUT2D eigenvalue weighted by atomic mass is 9.70. The zero-order valence-electron chi connectivity index (χ0n) is 32.0. The van der Waals surface area contributed by atoms with Crippen LogP contribution in [0.3, 0.4) is 0 Å². The minimum absolute atomic E-state index is 0.0118. The fourth-order valence-electron chi connectivity index (χ4n) is 8.83. The predicted octanol–water partition coefficient (Wildman–Crippen LogP) is 4.98. The zero-order chi connectivity index (χ0) is 40.4. The van der Waals surface area contributed by atoms with Crippen molar-refractivity contribution in [2.45, 2.75) is 73.6 Å². The van der Waals surface area contributed by atoms with Crippen LogP contribution in [0.15, 0.2) is 110 Å². The Morgan fingerprint density at radius 2 is 1.70 bits per heavy atom. The third-order valence-electron chi connectivity index (χ3n) is 11.7. The Morgan fingerprint density at radius 1 is 1.04 bits per heavy atom. The van der Waals surface area contributed by atoms with Gasteiger partial charge in [0.15, 0.2) is 0 Å². The number of amides is 3. The van der Waals surface area contributed by atoms with Crippen molar-refractivity contribution in [3.8, 4) is 0 Å². The first-order valence-electron chi connectivity index (χ1n) is 19.2. The fourth-order valence-corrected chi connectivity index (χ4v) is 9.78. The van der Waals surface area contributed by atoms with Crippen LogP contribution in [-0.4, -0.2) is 107 Å². The SMILES string of the molecule is C=CCCC(=O)N(C)[C@H](C)[C@H](OC(=O)[C@H]1[C@@H]2O[C@@]3(CC2Br)[C@@H]1C(=O)N([C@H](CO)c1ccccc1)[C@@H]3C(=O)N(CC=C)Cn1nnc2ccccc21)c1ccccc1. The van der Waals surface area contributed by atoms with Crippen molar-refractivity contribution in [3.05, 3.63) is 121 Å². The predicted molar refractivity (Wildman–Crippen MR) is 215 cm³/mol. The lowest BCUT2D eigenvalue weighted by molar-refractivity contribution is -0.165. The molecule has 7 rings (SSSR count). The van der Waals surface area contributed by atoms with Crippen LogP contribution in [-0.2, 0) is 35.3 Å². The number of hydrogen-bond acceptors (Lipinski definition) is 9. The van der Waals surface area contributed by atoms with Crippen molar-refractivity contribution in [2.24, 2.45) is 11.8 Å². The number of likely N-dealkylation sites (tertiary alicyclic amines) is 1. The van der Waals surface area contributed by atoms with Gasteiger partial charge in [-0.15, -0.1) is 18.3 Å². The number of carbonyl (C=O) groups excluding carboxylic acids is 4. The fraction of sp³-hybridized carbons (Fsp3) is 0.395. The highest BCUT2D eigenvalue weighted by atomic mass is 79.9. The van der Waals surface area contributed by atoms with E-state index in [1.807, 2.05) is 67.6 Å². The van der Waals surface area contributed by atoms with Crippen LogP contribution < -0.4 is 0 Å². The molecule has 3 aromatic carbocycles. The number of esters is 1. The summed E-state index contributed by atoms with van der Waals surface area (Å²) >= 11 is 3.76. The first-order valence-corrected chi connectivity index (χ1v) is 20.1. The maximum atomic E-state index is 15.3. The van der Waals surface area contributed by atoms with Crippen LogP contribution >= 0.6 is 15.9 Å². The summed E-state index contributed by atoms with van der Waals surface area (Å²) < 4.78 is 14.9. The first-order chi connectivity index (χ1) is 27.6. The molecule has 13 nitrogen and oxygen atoms in total. The summed E-state index contributed by atoms with van der Waals surface area (Å²) in [5, 5.41) is 19.6. The molecule has 4 heterocycles. The van der Waals surface area contributed by atoms with E-state index < -0.39 is 77.0 Å². The number of rotatable bonds is 16. The number of aromatic nitrogens is 3. The largest absolute Gasteiger partial charge is 0.455 e. The summed E-state index contributed by atoms with van der Waals surface area (Å²) in [5.41, 5.74) is 1.19. The van der Waals surface area contributed by atoms with Crippen molar-refractivity contribution in [1.29, 1.82) is 0 Å². The molecule has 3 aliphatic heterocycles. The van der Waals surface area contributed by atoms with E-state index in [-0.39, 0.29) is 32.0 Å². The summed E-state index contributed by atoms with van der Waals surface area (Å²) in [6.07, 6.45) is 2.57. The smallest absolute Gasteiger partial charge is 0.313 e. The van der Waals surface area contributed by atoms with Crippen molar-refractivity contribution < 1.29 is 33.8 Å². The molecular formula is C43H47BrN6O7. The van der Waals surface area contributed by atoms with Gasteiger partial charge in [-0.2, -0.15) is 0 Å². The van der Waals surface area contributed by atoms with Gasteiger partial charge in [0.2, 0.25) is 17.7 Å². The number of alkyl halides is 1. The molecule has 1 spiro atoms. The number of likely N-dealkylation sites (N-methyl/N-ethyl adjacent to an activating group) is 1. The molecule has 3 saturated heterocycles. The van der Waals surface area contributed by atoms with Gasteiger partial charge < -0.3 is 29.3 Å². The highest BCUT2D eigenvalue weighted by Gasteiger charge is 2.77. The van der Waals surface area contributed by atoms with Crippen LogP contribution in [0.1, 0.15) is 49.5 Å². The average Bonchev–Trinajstić information content (AvgIpc) is 3.96. The second-order valence-corrected chi connectivity index (χ2v) is 16.1. The van der Waals surface area contributed by atoms with Crippen molar-refractivity contribution >= 4 is 50.7 Å². The molecule has 57 heavy (non-hydrogen) atoms. The molecule has 3 aliphatic rings. The van der Waals surface area contributed by atoms with E-state index >= 15 is 9.59 Å². The summed E-state index contributed by atoms with van der Waals surface area (Å²) in [4.78, 5) is 62.5. The summed E-state index contributed by atoms with van der Waals surface area (Å²) in [7, 11) is 1.67. The minimum atomic E-state index is -1.46. The molecule has 14 heteroatoms. The van der Waals surface area contributed by atoms with Gasteiger partial charge in [-0.05, 0) is 43.0 Å². The molecule has 3 fully saturated rings. The Hall–Kier alpha value is -5.18. The third-order valence-corrected chi connectivity index (χ3v) is 12.5. The molecule has 1 unspecified atom stereocenters. The van der Waals surface area contributed by atoms with Gasteiger partial charge in [-0.25, -0.2) is 4.68 Å². The van der Waals surface area contributed by atoms with E-state index in [2.05, 4.69) is 39.4 Å². The number of para-hydroxylation sites is 1. The van der Waals surface area contributed by atoms with Gasteiger partial charge in [0.25, 0.3) is 0 Å². The highest BCUT2D eigenvalue weighted by molar-refractivity contribution is 9.09. The van der Waals surface area contributed by atoms with Crippen LogP contribution in [0.5, 0.6) is 0 Å². The van der Waals surface area contributed by atoms with Gasteiger partial charge in [0.1, 0.15) is 29.9 Å². The van der Waals surface area contributed by atoms with Gasteiger partial charge in [0, 0.05) is 24.8 Å². The number of allylic oxidation sites excluding steroid dienone is 1. The molecule has 2 bridgehead atoms. The number of halogens is 1. The van der Waals surface area contributed by atoms with E-state index in [0.717, 1.165) is 0 Å². The number of aliphatic hydroxyl groups is 1. The number of benzene rings is 3. The Labute approximate surface area is 340 Å². The molecule has 0 saturated carbocycles. The van der Waals surface area contributed by atoms with Gasteiger partial charge in [-0.3, -0.25) is 19.2 Å². The van der Waals surface area contributed by atoms with Gasteiger partial charge in [0.05, 0.1) is 42.1 Å². The number of ether oxygens (including phenoxy) is 2. The Balaban J connectivity index is 1.28. The second kappa shape index (κ2) is 16.7. The number of hydrogen-bond donors (Lipinski definition) is 1. The van der Waals surface area contributed by atoms with E-state index in [9.17, 15) is 14.7 Å². The topological polar surface area (TPSA) is 147 Å². The van der Waals surface area contributed by atoms with Crippen molar-refractivity contribution in [2.75, 3.05) is 20.2 Å². The van der Waals surface area contributed by atoms with E-state index in [4.69, 9.17) is 9.47 Å². The highest BCUT2D eigenvalue weighted by Crippen LogP contribution is 2.61. The van der Waals surface area contributed by atoms with Gasteiger partial charge in [-0.1, -0.05) is 106 Å². The first kappa shape index (κ1) is 40.0. The maximum absolute atomic E-state index is 15.3. The Morgan fingerprint density at radius 3 is 2.37 bits per heavy atom. The second-order valence-electron chi connectivity index (χ2n) is 14.9. The molecule has 9 atom stereocenters. The monoisotopic (exact) mass is 838 g/mol. The molecule has 1 aromatic heterocycles. The third kappa shape index (κ3) is 7.19. The van der Waals surface area contributed by atoms with E-state index in [0.29, 0.717) is 28.6 Å². The van der Waals surface area contributed by atoms with Crippen LogP contribution in [0.2, 0.25) is 0 Å². The van der Waals surface area contributed by atoms with Crippen molar-refractivity contribution in [3.63, 3.8) is 0 Å². The van der Waals surface area contributed by atoms with Crippen LogP contribution in [0, 0.1) is 11.8 Å². The lowest BCUT2D eigenvalue weighted by Gasteiger charge is -2.39. The zero-order valence-corrected chi connectivity index (χ0v) is 33.6. The number of carbonyl (C=O) groups is 4. The average molecular weight is 840 g/mol. The number of aliphatic hydroxyl groups excluding tert-OH is 1. The molecule has 0 aliphatic carbocycles. The van der Waals surface area contributed by atoms with Crippen LogP contribution in [0.4, 0.5) is 0 Å². The molecular weight excluding hydrogens is 792 g/mol. The quantitative estimate of drug-likeness (QED) is 0.0938. The Kier molecular flexibility index (Phi) is 11.8. The van der Waals surface area contributed by atoms with E-state index in [1.165, 1.54) is 9.80 Å². The standard InChI is InChI=1S/C43H47BrN6O7/c1-5-7-22-34(52)47(4)27(3)37(29-18-12-9-13-19-29)56-42(55)35-36-40(53)50(33(25-51)28-16-10-8-11-17-28)39(43(36)24-30(44)38(35)57-43)41(54)48(23-6-2)26-49-32-21-15-14-20-31(32)45-46-49/h5-6,8-21,27,30,33,35-39,51H,1-2,7,22-26H2,3-4H3/t27-,30?,33-,35-,36+,37+,38-,39-,43+/m1/s1. The van der Waals surface area contributed by atoms with Crippen LogP contribution in [0.25, 0.3) is 11.0 Å². The molecule has 4 aromatic rings. The summed E-state index contributed by atoms with van der Waals surface area (Å²) in [6, 6.07) is 22.8. The normalized spacial score (nSPS) is 25.1. The lowest BCUT2D eigenvalue weighted by Crippen LogP contribution is -2.57. The molecule has 0 radical (unpaired) electrons. The summed E-state index contributed by atoms with van der Waals surface area (Å²) in [5.74, 6) is -3.99. The minimum Gasteiger partial charge on any atom is -0.455 e. The number of nitrogens with zero attached hydrogens (tertiary/aromatic N) is 6. The van der Waals surface area contributed by atoms with Crippen molar-refractivity contribution in [1.82, 2.24) is 29.7 Å². The molecule has 1 N–H and O–H groups in total. The number of fused-ring (bicyclic) bond motifs is 2. The maximum Gasteiger partial charge on any atom is 0.313 e. The van der Waals surface area contributed by atoms with E-state index in [1.54, 1.807) is 53.0 Å². The summed E-state index contributed by atoms with van der Waals surface area (Å²) in [6.45, 7) is 9.05. The Bertz CT molecular complexity index is 2130. The van der Waals surface area contributed by atoms with Gasteiger partial charge >= 0.3 is 5.97 Å². The molecule has 298 valence electrons.